The molecule has 0 saturated heterocycles. The van der Waals surface area contributed by atoms with E-state index in [1.54, 1.807) is 42.5 Å². The summed E-state index contributed by atoms with van der Waals surface area (Å²) in [6.07, 6.45) is 0.0553. The van der Waals surface area contributed by atoms with Gasteiger partial charge in [-0.2, -0.15) is 0 Å². The molecule has 5 heteroatoms. The standard InChI is InChI=1S/C18H18O5/c1-12(2)22-14-10-8-13(9-11-14)17(19)23-16-7-5-4-6-15(16)18(20)21-3/h4-12H,1-3H3. The van der Waals surface area contributed by atoms with Gasteiger partial charge in [-0.3, -0.25) is 0 Å². The van der Waals surface area contributed by atoms with Gasteiger partial charge in [-0.05, 0) is 50.2 Å². The molecule has 2 aromatic rings. The maximum atomic E-state index is 12.2. The zero-order valence-corrected chi connectivity index (χ0v) is 13.2. The van der Waals surface area contributed by atoms with Crippen molar-refractivity contribution in [2.75, 3.05) is 7.11 Å². The van der Waals surface area contributed by atoms with Crippen molar-refractivity contribution in [1.29, 1.82) is 0 Å². The molecule has 23 heavy (non-hydrogen) atoms. The minimum absolute atomic E-state index is 0.0553. The summed E-state index contributed by atoms with van der Waals surface area (Å²) in [6, 6.07) is 13.0. The molecule has 0 spiro atoms. The van der Waals surface area contributed by atoms with Crippen molar-refractivity contribution in [1.82, 2.24) is 0 Å². The van der Waals surface area contributed by atoms with Gasteiger partial charge in [0.2, 0.25) is 0 Å². The molecule has 0 aliphatic rings. The van der Waals surface area contributed by atoms with Gasteiger partial charge in [-0.25, -0.2) is 9.59 Å². The lowest BCUT2D eigenvalue weighted by molar-refractivity contribution is 0.0593. The fourth-order valence-corrected chi connectivity index (χ4v) is 1.93. The number of carbonyl (C=O) groups is 2. The molecule has 0 radical (unpaired) electrons. The molecule has 120 valence electrons. The average Bonchev–Trinajstić information content (AvgIpc) is 2.54. The Labute approximate surface area is 134 Å². The Morgan fingerprint density at radius 2 is 1.57 bits per heavy atom. The molecule has 0 aliphatic heterocycles. The number of methoxy groups -OCH3 is 1. The van der Waals surface area contributed by atoms with E-state index >= 15 is 0 Å². The van der Waals surface area contributed by atoms with Crippen LogP contribution in [0.3, 0.4) is 0 Å². The first-order chi connectivity index (χ1) is 11.0. The van der Waals surface area contributed by atoms with Crippen molar-refractivity contribution in [2.45, 2.75) is 20.0 Å². The Morgan fingerprint density at radius 1 is 0.913 bits per heavy atom. The van der Waals surface area contributed by atoms with E-state index in [-0.39, 0.29) is 17.4 Å². The number of ether oxygens (including phenoxy) is 3. The minimum atomic E-state index is -0.561. The number of hydrogen-bond acceptors (Lipinski definition) is 5. The normalized spacial score (nSPS) is 10.3. The fourth-order valence-electron chi connectivity index (χ4n) is 1.93. The zero-order chi connectivity index (χ0) is 16.8. The Hall–Kier alpha value is -2.82. The molecule has 0 fully saturated rings. The Morgan fingerprint density at radius 3 is 2.17 bits per heavy atom. The van der Waals surface area contributed by atoms with E-state index in [1.807, 2.05) is 13.8 Å². The monoisotopic (exact) mass is 314 g/mol. The second-order valence-corrected chi connectivity index (χ2v) is 5.07. The van der Waals surface area contributed by atoms with Gasteiger partial charge in [-0.1, -0.05) is 12.1 Å². The summed E-state index contributed by atoms with van der Waals surface area (Å²) in [5.74, 6) is -0.287. The molecule has 0 atom stereocenters. The van der Waals surface area contributed by atoms with Gasteiger partial charge in [0.25, 0.3) is 0 Å². The van der Waals surface area contributed by atoms with E-state index in [2.05, 4.69) is 4.74 Å². The predicted molar refractivity (Wildman–Crippen MR) is 84.9 cm³/mol. The molecule has 2 aromatic carbocycles. The van der Waals surface area contributed by atoms with Crippen molar-refractivity contribution in [3.63, 3.8) is 0 Å². The van der Waals surface area contributed by atoms with Gasteiger partial charge in [0.05, 0.1) is 18.8 Å². The second kappa shape index (κ2) is 7.45. The van der Waals surface area contributed by atoms with Gasteiger partial charge in [0.15, 0.2) is 0 Å². The number of esters is 2. The summed E-state index contributed by atoms with van der Waals surface area (Å²) in [5.41, 5.74) is 0.559. The van der Waals surface area contributed by atoms with Gasteiger partial charge in [-0.15, -0.1) is 0 Å². The van der Waals surface area contributed by atoms with Crippen molar-refractivity contribution in [3.05, 3.63) is 59.7 Å². The molecule has 0 aliphatic carbocycles. The number of rotatable bonds is 5. The molecule has 0 saturated carbocycles. The third kappa shape index (κ3) is 4.32. The quantitative estimate of drug-likeness (QED) is 0.624. The van der Waals surface area contributed by atoms with Crippen molar-refractivity contribution < 1.29 is 23.8 Å². The Bertz CT molecular complexity index is 689. The number of hydrogen-bond donors (Lipinski definition) is 0. The minimum Gasteiger partial charge on any atom is -0.491 e. The highest BCUT2D eigenvalue weighted by Gasteiger charge is 2.16. The highest BCUT2D eigenvalue weighted by Crippen LogP contribution is 2.21. The first-order valence-corrected chi connectivity index (χ1v) is 7.17. The largest absolute Gasteiger partial charge is 0.491 e. The van der Waals surface area contributed by atoms with Crippen LogP contribution in [0.15, 0.2) is 48.5 Å². The van der Waals surface area contributed by atoms with Crippen molar-refractivity contribution in [2.24, 2.45) is 0 Å². The summed E-state index contributed by atoms with van der Waals surface area (Å²) >= 11 is 0. The number of para-hydroxylation sites is 1. The van der Waals surface area contributed by atoms with Crippen LogP contribution in [0, 0.1) is 0 Å². The fraction of sp³-hybridized carbons (Fsp3) is 0.222. The summed E-state index contributed by atoms with van der Waals surface area (Å²) in [4.78, 5) is 23.9. The smallest absolute Gasteiger partial charge is 0.343 e. The third-order valence-electron chi connectivity index (χ3n) is 2.96. The predicted octanol–water partition coefficient (Wildman–Crippen LogP) is 3.48. The van der Waals surface area contributed by atoms with E-state index in [4.69, 9.17) is 9.47 Å². The molecule has 2 rings (SSSR count). The van der Waals surface area contributed by atoms with Crippen LogP contribution in [0.5, 0.6) is 11.5 Å². The number of carbonyl (C=O) groups excluding carboxylic acids is 2. The van der Waals surface area contributed by atoms with Crippen LogP contribution in [0.1, 0.15) is 34.6 Å². The lowest BCUT2D eigenvalue weighted by Crippen LogP contribution is -2.12. The highest BCUT2D eigenvalue weighted by molar-refractivity contribution is 5.96. The van der Waals surface area contributed by atoms with Crippen LogP contribution >= 0.6 is 0 Å². The first-order valence-electron chi connectivity index (χ1n) is 7.17. The Balaban J connectivity index is 2.15. The maximum absolute atomic E-state index is 12.2. The van der Waals surface area contributed by atoms with Gasteiger partial charge < -0.3 is 14.2 Å². The van der Waals surface area contributed by atoms with Crippen molar-refractivity contribution in [3.8, 4) is 11.5 Å². The van der Waals surface area contributed by atoms with Crippen molar-refractivity contribution >= 4 is 11.9 Å². The lowest BCUT2D eigenvalue weighted by atomic mass is 10.2. The van der Waals surface area contributed by atoms with Crippen LogP contribution in [0.4, 0.5) is 0 Å². The molecule has 0 bridgehead atoms. The molecule has 0 unspecified atom stereocenters. The average molecular weight is 314 g/mol. The SMILES string of the molecule is COC(=O)c1ccccc1OC(=O)c1ccc(OC(C)C)cc1. The topological polar surface area (TPSA) is 61.8 Å². The molecule has 0 N–H and O–H groups in total. The van der Waals surface area contributed by atoms with Gasteiger partial charge >= 0.3 is 11.9 Å². The van der Waals surface area contributed by atoms with E-state index in [1.165, 1.54) is 13.2 Å². The van der Waals surface area contributed by atoms with Crippen LogP contribution in [-0.4, -0.2) is 25.2 Å². The van der Waals surface area contributed by atoms with E-state index < -0.39 is 11.9 Å². The van der Waals surface area contributed by atoms with Crippen LogP contribution < -0.4 is 9.47 Å². The highest BCUT2D eigenvalue weighted by atomic mass is 16.5. The molecular weight excluding hydrogens is 296 g/mol. The van der Waals surface area contributed by atoms with Crippen LogP contribution in [0.2, 0.25) is 0 Å². The second-order valence-electron chi connectivity index (χ2n) is 5.07. The molecule has 5 nitrogen and oxygen atoms in total. The van der Waals surface area contributed by atoms with Crippen LogP contribution in [0.25, 0.3) is 0 Å². The summed E-state index contributed by atoms with van der Waals surface area (Å²) < 4.78 is 15.5. The molecule has 0 heterocycles. The zero-order valence-electron chi connectivity index (χ0n) is 13.2. The van der Waals surface area contributed by atoms with Gasteiger partial charge in [0, 0.05) is 0 Å². The summed E-state index contributed by atoms with van der Waals surface area (Å²) in [6.45, 7) is 3.85. The van der Waals surface area contributed by atoms with E-state index in [0.717, 1.165) is 0 Å². The molecular formula is C18H18O5. The van der Waals surface area contributed by atoms with Gasteiger partial charge in [0.1, 0.15) is 17.1 Å². The maximum Gasteiger partial charge on any atom is 0.343 e. The molecule has 0 aromatic heterocycles. The van der Waals surface area contributed by atoms with E-state index in [9.17, 15) is 9.59 Å². The lowest BCUT2D eigenvalue weighted by Gasteiger charge is -2.11. The van der Waals surface area contributed by atoms with Crippen LogP contribution in [-0.2, 0) is 4.74 Å². The summed E-state index contributed by atoms with van der Waals surface area (Å²) in [5, 5.41) is 0. The third-order valence-corrected chi connectivity index (χ3v) is 2.96. The Kier molecular flexibility index (Phi) is 5.36. The first kappa shape index (κ1) is 16.5. The molecule has 0 amide bonds. The van der Waals surface area contributed by atoms with E-state index in [0.29, 0.717) is 11.3 Å². The number of benzene rings is 2. The summed E-state index contributed by atoms with van der Waals surface area (Å²) in [7, 11) is 1.27.